The van der Waals surface area contributed by atoms with Gasteiger partial charge in [-0.2, -0.15) is 0 Å². The number of furan rings is 1. The van der Waals surface area contributed by atoms with Crippen molar-refractivity contribution in [3.8, 4) is 5.75 Å². The smallest absolute Gasteiger partial charge is 0.375 e. The maximum absolute atomic E-state index is 12.3. The van der Waals surface area contributed by atoms with Crippen molar-refractivity contribution in [3.05, 3.63) is 64.9 Å². The second-order valence-electron chi connectivity index (χ2n) is 6.49. The van der Waals surface area contributed by atoms with Gasteiger partial charge in [0.05, 0.1) is 6.61 Å². The lowest BCUT2D eigenvalue weighted by molar-refractivity contribution is -0.124. The first kappa shape index (κ1) is 19.5. The largest absolute Gasteiger partial charge is 0.494 e. The van der Waals surface area contributed by atoms with Crippen molar-refractivity contribution in [3.63, 3.8) is 0 Å². The zero-order valence-electron chi connectivity index (χ0n) is 16.2. The highest BCUT2D eigenvalue weighted by Gasteiger charge is 2.20. The van der Waals surface area contributed by atoms with E-state index in [1.807, 2.05) is 44.2 Å². The summed E-state index contributed by atoms with van der Waals surface area (Å²) in [6.45, 7) is 6.23. The first-order chi connectivity index (χ1) is 13.5. The van der Waals surface area contributed by atoms with E-state index in [1.54, 1.807) is 19.1 Å². The third kappa shape index (κ3) is 4.52. The van der Waals surface area contributed by atoms with E-state index in [4.69, 9.17) is 13.9 Å². The molecule has 0 saturated heterocycles. The molecule has 1 aromatic heterocycles. The second-order valence-corrected chi connectivity index (χ2v) is 6.49. The van der Waals surface area contributed by atoms with Crippen LogP contribution in [0.25, 0.3) is 11.0 Å². The molecule has 0 aliphatic rings. The molecule has 0 aliphatic carbocycles. The van der Waals surface area contributed by atoms with Crippen molar-refractivity contribution in [2.75, 3.05) is 13.2 Å². The minimum Gasteiger partial charge on any atom is -0.494 e. The van der Waals surface area contributed by atoms with E-state index in [-0.39, 0.29) is 18.3 Å². The molecule has 6 heteroatoms. The maximum Gasteiger partial charge on any atom is 0.375 e. The first-order valence-corrected chi connectivity index (χ1v) is 9.13. The van der Waals surface area contributed by atoms with Crippen LogP contribution in [-0.4, -0.2) is 25.1 Å². The topological polar surface area (TPSA) is 77.8 Å². The fourth-order valence-electron chi connectivity index (χ4n) is 2.81. The van der Waals surface area contributed by atoms with Crippen LogP contribution in [0.5, 0.6) is 5.75 Å². The quantitative estimate of drug-likeness (QED) is 0.628. The average Bonchev–Trinajstić information content (AvgIpc) is 3.02. The molecule has 3 aromatic rings. The molecule has 146 valence electrons. The molecule has 0 fully saturated rings. The Kier molecular flexibility index (Phi) is 5.99. The number of ether oxygens (including phenoxy) is 2. The molecule has 0 spiro atoms. The predicted octanol–water partition coefficient (Wildman–Crippen LogP) is 3.92. The van der Waals surface area contributed by atoms with E-state index in [0.717, 1.165) is 16.5 Å². The van der Waals surface area contributed by atoms with Crippen LogP contribution in [0.3, 0.4) is 0 Å². The van der Waals surface area contributed by atoms with E-state index in [1.165, 1.54) is 0 Å². The molecule has 1 heterocycles. The van der Waals surface area contributed by atoms with Gasteiger partial charge in [-0.3, -0.25) is 4.79 Å². The van der Waals surface area contributed by atoms with E-state index in [9.17, 15) is 9.59 Å². The molecule has 2 aromatic carbocycles. The monoisotopic (exact) mass is 381 g/mol. The molecule has 0 bridgehead atoms. The summed E-state index contributed by atoms with van der Waals surface area (Å²) in [7, 11) is 0. The van der Waals surface area contributed by atoms with Gasteiger partial charge in [0.15, 0.2) is 6.61 Å². The van der Waals surface area contributed by atoms with Gasteiger partial charge in [0, 0.05) is 17.5 Å². The molecule has 0 atom stereocenters. The number of hydrogen-bond acceptors (Lipinski definition) is 5. The number of rotatable bonds is 7. The minimum absolute atomic E-state index is 0.0926. The third-order valence-electron chi connectivity index (χ3n) is 4.35. The number of hydrogen-bond donors (Lipinski definition) is 1. The number of fused-ring (bicyclic) bond motifs is 1. The molecular formula is C22H23NO5. The lowest BCUT2D eigenvalue weighted by atomic mass is 10.1. The Balaban J connectivity index is 1.58. The lowest BCUT2D eigenvalue weighted by Crippen LogP contribution is -2.28. The third-order valence-corrected chi connectivity index (χ3v) is 4.35. The van der Waals surface area contributed by atoms with Gasteiger partial charge in [0.1, 0.15) is 11.3 Å². The molecule has 0 aliphatic heterocycles. The van der Waals surface area contributed by atoms with Crippen LogP contribution in [0.2, 0.25) is 0 Å². The number of nitrogens with one attached hydrogen (secondary N) is 1. The van der Waals surface area contributed by atoms with Crippen LogP contribution < -0.4 is 10.1 Å². The predicted molar refractivity (Wildman–Crippen MR) is 105 cm³/mol. The van der Waals surface area contributed by atoms with Crippen molar-refractivity contribution < 1.29 is 23.5 Å². The molecule has 6 nitrogen and oxygen atoms in total. The summed E-state index contributed by atoms with van der Waals surface area (Å²) in [5.41, 5.74) is 3.35. The Morgan fingerprint density at radius 2 is 1.82 bits per heavy atom. The zero-order chi connectivity index (χ0) is 20.1. The summed E-state index contributed by atoms with van der Waals surface area (Å²) in [6, 6.07) is 13.2. The number of carbonyl (C=O) groups is 2. The maximum atomic E-state index is 12.3. The van der Waals surface area contributed by atoms with Gasteiger partial charge in [-0.25, -0.2) is 4.79 Å². The van der Waals surface area contributed by atoms with E-state index in [2.05, 4.69) is 5.32 Å². The standard InChI is InChI=1S/C22H23NO5/c1-4-26-17-9-10-19-18(11-17)15(3)21(28-19)22(25)27-13-20(24)23-12-16-7-5-14(2)6-8-16/h5-11H,4,12-13H2,1-3H3,(H,23,24). The van der Waals surface area contributed by atoms with Crippen LogP contribution in [0.1, 0.15) is 34.2 Å². The van der Waals surface area contributed by atoms with Gasteiger partial charge in [0.2, 0.25) is 5.76 Å². The van der Waals surface area contributed by atoms with Crippen molar-refractivity contribution in [1.29, 1.82) is 0 Å². The van der Waals surface area contributed by atoms with Crippen LogP contribution >= 0.6 is 0 Å². The molecule has 28 heavy (non-hydrogen) atoms. The Labute approximate surface area is 163 Å². The number of esters is 1. The molecule has 0 saturated carbocycles. The van der Waals surface area contributed by atoms with Crippen LogP contribution in [0, 0.1) is 13.8 Å². The molecule has 3 rings (SSSR count). The van der Waals surface area contributed by atoms with E-state index < -0.39 is 5.97 Å². The van der Waals surface area contributed by atoms with Crippen molar-refractivity contribution >= 4 is 22.8 Å². The highest BCUT2D eigenvalue weighted by molar-refractivity contribution is 5.97. The van der Waals surface area contributed by atoms with Crippen LogP contribution in [-0.2, 0) is 16.1 Å². The summed E-state index contributed by atoms with van der Waals surface area (Å²) >= 11 is 0. The lowest BCUT2D eigenvalue weighted by Gasteiger charge is -2.06. The number of amides is 1. The fourth-order valence-corrected chi connectivity index (χ4v) is 2.81. The minimum atomic E-state index is -0.669. The van der Waals surface area contributed by atoms with Gasteiger partial charge in [0.25, 0.3) is 5.91 Å². The van der Waals surface area contributed by atoms with Gasteiger partial charge in [-0.05, 0) is 44.5 Å². The normalized spacial score (nSPS) is 10.7. The van der Waals surface area contributed by atoms with Gasteiger partial charge < -0.3 is 19.2 Å². The summed E-state index contributed by atoms with van der Waals surface area (Å²) in [5, 5.41) is 3.50. The molecule has 0 radical (unpaired) electrons. The first-order valence-electron chi connectivity index (χ1n) is 9.13. The highest BCUT2D eigenvalue weighted by atomic mass is 16.5. The fraction of sp³-hybridized carbons (Fsp3) is 0.273. The Morgan fingerprint density at radius 1 is 1.07 bits per heavy atom. The summed E-state index contributed by atoms with van der Waals surface area (Å²) in [4.78, 5) is 24.3. The Bertz CT molecular complexity index is 988. The van der Waals surface area contributed by atoms with Gasteiger partial charge in [-0.15, -0.1) is 0 Å². The van der Waals surface area contributed by atoms with E-state index >= 15 is 0 Å². The van der Waals surface area contributed by atoms with Gasteiger partial charge >= 0.3 is 5.97 Å². The highest BCUT2D eigenvalue weighted by Crippen LogP contribution is 2.29. The van der Waals surface area contributed by atoms with Gasteiger partial charge in [-0.1, -0.05) is 29.8 Å². The summed E-state index contributed by atoms with van der Waals surface area (Å²) in [6.07, 6.45) is 0. The molecule has 1 N–H and O–H groups in total. The number of aryl methyl sites for hydroxylation is 2. The molecular weight excluding hydrogens is 358 g/mol. The zero-order valence-corrected chi connectivity index (χ0v) is 16.2. The Hall–Kier alpha value is -3.28. The van der Waals surface area contributed by atoms with Crippen LogP contribution in [0.15, 0.2) is 46.9 Å². The van der Waals surface area contributed by atoms with Crippen molar-refractivity contribution in [1.82, 2.24) is 5.32 Å². The van der Waals surface area contributed by atoms with Crippen LogP contribution in [0.4, 0.5) is 0 Å². The summed E-state index contributed by atoms with van der Waals surface area (Å²) in [5.74, 6) is -0.247. The SMILES string of the molecule is CCOc1ccc2oc(C(=O)OCC(=O)NCc3ccc(C)cc3)c(C)c2c1. The van der Waals surface area contributed by atoms with E-state index in [0.29, 0.717) is 30.0 Å². The summed E-state index contributed by atoms with van der Waals surface area (Å²) < 4.78 is 16.2. The molecule has 1 amide bonds. The average molecular weight is 381 g/mol. The Morgan fingerprint density at radius 3 is 2.54 bits per heavy atom. The number of benzene rings is 2. The van der Waals surface area contributed by atoms with Crippen molar-refractivity contribution in [2.45, 2.75) is 27.3 Å². The second kappa shape index (κ2) is 8.61. The molecule has 0 unspecified atom stereocenters. The number of carbonyl (C=O) groups excluding carboxylic acids is 2. The van der Waals surface area contributed by atoms with Crippen molar-refractivity contribution in [2.24, 2.45) is 0 Å².